The fourth-order valence-electron chi connectivity index (χ4n) is 2.19. The van der Waals surface area contributed by atoms with Gasteiger partial charge in [0.15, 0.2) is 0 Å². The zero-order chi connectivity index (χ0) is 14.9. The molecule has 1 heterocycles. The third-order valence-electron chi connectivity index (χ3n) is 3.74. The third kappa shape index (κ3) is 2.75. The van der Waals surface area contributed by atoms with Crippen molar-refractivity contribution in [2.75, 3.05) is 13.1 Å². The number of hydrogen-bond donors (Lipinski definition) is 1. The van der Waals surface area contributed by atoms with E-state index in [1.807, 2.05) is 13.8 Å². The number of likely N-dealkylation sites (tertiary alicyclic amines) is 1. The van der Waals surface area contributed by atoms with Crippen LogP contribution in [-0.4, -0.2) is 36.0 Å². The Morgan fingerprint density at radius 1 is 1.35 bits per heavy atom. The SMILES string of the molecule is CC(C)C1(N)CN(C(=O)c2ccccc2OC(F)F)C1. The number of alkyl halides is 2. The molecule has 0 aliphatic carbocycles. The largest absolute Gasteiger partial charge is 0.434 e. The molecule has 1 amide bonds. The van der Waals surface area contributed by atoms with E-state index < -0.39 is 12.2 Å². The maximum absolute atomic E-state index is 12.3. The van der Waals surface area contributed by atoms with Crippen LogP contribution in [0.5, 0.6) is 5.75 Å². The summed E-state index contributed by atoms with van der Waals surface area (Å²) in [7, 11) is 0. The monoisotopic (exact) mass is 284 g/mol. The minimum Gasteiger partial charge on any atom is -0.434 e. The van der Waals surface area contributed by atoms with Crippen LogP contribution in [0.15, 0.2) is 24.3 Å². The highest BCUT2D eigenvalue weighted by Crippen LogP contribution is 2.30. The number of para-hydroxylation sites is 1. The van der Waals surface area contributed by atoms with Crippen molar-refractivity contribution >= 4 is 5.91 Å². The van der Waals surface area contributed by atoms with Crippen LogP contribution in [-0.2, 0) is 0 Å². The maximum Gasteiger partial charge on any atom is 0.387 e. The summed E-state index contributed by atoms with van der Waals surface area (Å²) in [4.78, 5) is 13.8. The standard InChI is InChI=1S/C14H18F2N2O2/c1-9(2)14(17)7-18(8-14)12(19)10-5-3-4-6-11(10)20-13(15)16/h3-6,9,13H,7-8,17H2,1-2H3. The molecule has 1 aromatic rings. The summed E-state index contributed by atoms with van der Waals surface area (Å²) in [6.45, 7) is 1.88. The van der Waals surface area contributed by atoms with E-state index in [0.717, 1.165) is 0 Å². The summed E-state index contributed by atoms with van der Waals surface area (Å²) in [5.41, 5.74) is 5.87. The van der Waals surface area contributed by atoms with Gasteiger partial charge in [0.1, 0.15) is 5.75 Å². The van der Waals surface area contributed by atoms with Gasteiger partial charge in [0, 0.05) is 13.1 Å². The number of nitrogens with zero attached hydrogens (tertiary/aromatic N) is 1. The van der Waals surface area contributed by atoms with E-state index in [1.54, 1.807) is 17.0 Å². The number of amides is 1. The Kier molecular flexibility index (Phi) is 3.94. The number of rotatable bonds is 4. The highest BCUT2D eigenvalue weighted by Gasteiger charge is 2.44. The average Bonchev–Trinajstić information content (AvgIpc) is 2.34. The van der Waals surface area contributed by atoms with E-state index in [9.17, 15) is 13.6 Å². The van der Waals surface area contributed by atoms with E-state index in [0.29, 0.717) is 13.1 Å². The van der Waals surface area contributed by atoms with Crippen molar-refractivity contribution in [1.29, 1.82) is 0 Å². The second-order valence-corrected chi connectivity index (χ2v) is 5.42. The van der Waals surface area contributed by atoms with Crippen molar-refractivity contribution in [2.45, 2.75) is 26.0 Å². The zero-order valence-corrected chi connectivity index (χ0v) is 11.5. The zero-order valence-electron chi connectivity index (χ0n) is 11.5. The highest BCUT2D eigenvalue weighted by molar-refractivity contribution is 5.97. The molecule has 0 atom stereocenters. The number of hydrogen-bond acceptors (Lipinski definition) is 3. The van der Waals surface area contributed by atoms with Crippen LogP contribution in [0.2, 0.25) is 0 Å². The van der Waals surface area contributed by atoms with Crippen molar-refractivity contribution in [3.05, 3.63) is 29.8 Å². The molecule has 20 heavy (non-hydrogen) atoms. The van der Waals surface area contributed by atoms with Crippen LogP contribution in [0.3, 0.4) is 0 Å². The topological polar surface area (TPSA) is 55.6 Å². The number of halogens is 2. The van der Waals surface area contributed by atoms with E-state index >= 15 is 0 Å². The van der Waals surface area contributed by atoms with Gasteiger partial charge in [-0.2, -0.15) is 8.78 Å². The Labute approximate surface area is 116 Å². The molecule has 1 aromatic carbocycles. The van der Waals surface area contributed by atoms with Gasteiger partial charge >= 0.3 is 6.61 Å². The normalized spacial score (nSPS) is 17.2. The average molecular weight is 284 g/mol. The Bertz CT molecular complexity index is 500. The fraction of sp³-hybridized carbons (Fsp3) is 0.500. The summed E-state index contributed by atoms with van der Waals surface area (Å²) in [6.07, 6.45) is 0. The predicted molar refractivity (Wildman–Crippen MR) is 70.7 cm³/mol. The number of carbonyl (C=O) groups excluding carboxylic acids is 1. The quantitative estimate of drug-likeness (QED) is 0.921. The predicted octanol–water partition coefficient (Wildman–Crippen LogP) is 2.10. The molecule has 2 N–H and O–H groups in total. The Balaban J connectivity index is 2.12. The van der Waals surface area contributed by atoms with Gasteiger partial charge < -0.3 is 15.4 Å². The Hall–Kier alpha value is -1.69. The lowest BCUT2D eigenvalue weighted by Crippen LogP contribution is -2.71. The van der Waals surface area contributed by atoms with Crippen LogP contribution in [0.4, 0.5) is 8.78 Å². The summed E-state index contributed by atoms with van der Waals surface area (Å²) in [5, 5.41) is 0. The molecule has 1 saturated heterocycles. The molecule has 0 radical (unpaired) electrons. The van der Waals surface area contributed by atoms with Crippen LogP contribution in [0.1, 0.15) is 24.2 Å². The summed E-state index contributed by atoms with van der Waals surface area (Å²) < 4.78 is 29.0. The molecule has 6 heteroatoms. The van der Waals surface area contributed by atoms with E-state index in [2.05, 4.69) is 4.74 Å². The molecular weight excluding hydrogens is 266 g/mol. The minimum atomic E-state index is -2.95. The third-order valence-corrected chi connectivity index (χ3v) is 3.74. The van der Waals surface area contributed by atoms with Gasteiger partial charge in [-0.15, -0.1) is 0 Å². The first-order chi connectivity index (χ1) is 9.33. The van der Waals surface area contributed by atoms with Crippen molar-refractivity contribution in [3.63, 3.8) is 0 Å². The van der Waals surface area contributed by atoms with Gasteiger partial charge in [-0.1, -0.05) is 26.0 Å². The van der Waals surface area contributed by atoms with Gasteiger partial charge in [0.25, 0.3) is 5.91 Å². The van der Waals surface area contributed by atoms with Gasteiger partial charge in [0.2, 0.25) is 0 Å². The lowest BCUT2D eigenvalue weighted by molar-refractivity contribution is -0.0505. The van der Waals surface area contributed by atoms with Gasteiger partial charge in [-0.05, 0) is 18.1 Å². The molecule has 1 aliphatic heterocycles. The Morgan fingerprint density at radius 3 is 2.50 bits per heavy atom. The fourth-order valence-corrected chi connectivity index (χ4v) is 2.19. The van der Waals surface area contributed by atoms with Crippen LogP contribution >= 0.6 is 0 Å². The second kappa shape index (κ2) is 5.36. The van der Waals surface area contributed by atoms with Crippen LogP contribution < -0.4 is 10.5 Å². The van der Waals surface area contributed by atoms with E-state index in [-0.39, 0.29) is 23.1 Å². The van der Waals surface area contributed by atoms with Gasteiger partial charge in [-0.3, -0.25) is 4.79 Å². The second-order valence-electron chi connectivity index (χ2n) is 5.42. The van der Waals surface area contributed by atoms with Gasteiger partial charge in [-0.25, -0.2) is 0 Å². The van der Waals surface area contributed by atoms with Crippen molar-refractivity contribution < 1.29 is 18.3 Å². The maximum atomic E-state index is 12.3. The summed E-state index contributed by atoms with van der Waals surface area (Å²) >= 11 is 0. The van der Waals surface area contributed by atoms with Crippen LogP contribution in [0, 0.1) is 5.92 Å². The lowest BCUT2D eigenvalue weighted by atomic mass is 9.80. The molecule has 0 aromatic heterocycles. The molecule has 0 unspecified atom stereocenters. The Morgan fingerprint density at radius 2 is 1.95 bits per heavy atom. The van der Waals surface area contributed by atoms with E-state index in [4.69, 9.17) is 5.73 Å². The summed E-state index contributed by atoms with van der Waals surface area (Å²) in [5.74, 6) is -0.186. The summed E-state index contributed by atoms with van der Waals surface area (Å²) in [6, 6.07) is 6.00. The number of ether oxygens (including phenoxy) is 1. The highest BCUT2D eigenvalue weighted by atomic mass is 19.3. The van der Waals surface area contributed by atoms with Crippen molar-refractivity contribution in [1.82, 2.24) is 4.90 Å². The van der Waals surface area contributed by atoms with E-state index in [1.165, 1.54) is 12.1 Å². The molecule has 110 valence electrons. The molecule has 0 bridgehead atoms. The van der Waals surface area contributed by atoms with Gasteiger partial charge in [0.05, 0.1) is 11.1 Å². The molecule has 1 fully saturated rings. The van der Waals surface area contributed by atoms with Crippen molar-refractivity contribution in [3.8, 4) is 5.75 Å². The first kappa shape index (κ1) is 14.7. The molecular formula is C14H18F2N2O2. The van der Waals surface area contributed by atoms with Crippen LogP contribution in [0.25, 0.3) is 0 Å². The first-order valence-electron chi connectivity index (χ1n) is 6.45. The lowest BCUT2D eigenvalue weighted by Gasteiger charge is -2.50. The molecule has 0 saturated carbocycles. The molecule has 4 nitrogen and oxygen atoms in total. The number of carbonyl (C=O) groups is 1. The smallest absolute Gasteiger partial charge is 0.387 e. The first-order valence-corrected chi connectivity index (χ1v) is 6.45. The number of nitrogens with two attached hydrogens (primary N) is 1. The molecule has 1 aliphatic rings. The minimum absolute atomic E-state index is 0.105. The molecule has 0 spiro atoms. The molecule has 2 rings (SSSR count). The number of benzene rings is 1. The van der Waals surface area contributed by atoms with Crippen molar-refractivity contribution in [2.24, 2.45) is 11.7 Å².